The molecule has 0 fully saturated rings. The van der Waals surface area contributed by atoms with E-state index in [9.17, 15) is 4.79 Å². The lowest BCUT2D eigenvalue weighted by atomic mass is 9.95. The summed E-state index contributed by atoms with van der Waals surface area (Å²) >= 11 is 0. The van der Waals surface area contributed by atoms with Crippen molar-refractivity contribution < 1.29 is 14.4 Å². The number of benzene rings is 1. The number of aryl methyl sites for hydroxylation is 2. The summed E-state index contributed by atoms with van der Waals surface area (Å²) in [5.41, 5.74) is 4.42. The highest BCUT2D eigenvalue weighted by molar-refractivity contribution is 5.99. The van der Waals surface area contributed by atoms with Gasteiger partial charge in [0.2, 0.25) is 0 Å². The molecular weight excluding hydrogens is 326 g/mol. The van der Waals surface area contributed by atoms with Gasteiger partial charge in [-0.2, -0.15) is 0 Å². The molecule has 1 unspecified atom stereocenters. The monoisotopic (exact) mass is 355 g/mol. The van der Waals surface area contributed by atoms with Crippen LogP contribution in [0.3, 0.4) is 0 Å². The Morgan fingerprint density at radius 3 is 2.73 bits per heavy atom. The zero-order chi connectivity index (χ0) is 18.9. The highest BCUT2D eigenvalue weighted by atomic mass is 16.6. The van der Waals surface area contributed by atoms with Crippen molar-refractivity contribution in [3.63, 3.8) is 0 Å². The SMILES string of the molecule is CCON=C1C=CCC/C=C/CC(C)OC(=O)c2c(C)cc(C)cc2C1. The molecule has 26 heavy (non-hydrogen) atoms. The van der Waals surface area contributed by atoms with Gasteiger partial charge >= 0.3 is 5.97 Å². The van der Waals surface area contributed by atoms with Gasteiger partial charge in [-0.25, -0.2) is 4.79 Å². The van der Waals surface area contributed by atoms with Crippen molar-refractivity contribution in [3.8, 4) is 0 Å². The number of esters is 1. The fourth-order valence-electron chi connectivity index (χ4n) is 3.06. The third-order valence-corrected chi connectivity index (χ3v) is 4.20. The molecule has 0 amide bonds. The van der Waals surface area contributed by atoms with E-state index in [0.717, 1.165) is 41.7 Å². The maximum absolute atomic E-state index is 12.8. The van der Waals surface area contributed by atoms with Crippen LogP contribution in [-0.2, 0) is 16.0 Å². The summed E-state index contributed by atoms with van der Waals surface area (Å²) in [5.74, 6) is -0.268. The number of carbonyl (C=O) groups excluding carboxylic acids is 1. The van der Waals surface area contributed by atoms with Crippen molar-refractivity contribution in [1.29, 1.82) is 0 Å². The Balaban J connectivity index is 2.45. The van der Waals surface area contributed by atoms with Gasteiger partial charge in [-0.15, -0.1) is 0 Å². The molecule has 1 atom stereocenters. The lowest BCUT2D eigenvalue weighted by Gasteiger charge is -2.17. The molecule has 4 nitrogen and oxygen atoms in total. The predicted octanol–water partition coefficient (Wildman–Crippen LogP) is 5.08. The van der Waals surface area contributed by atoms with Crippen molar-refractivity contribution in [1.82, 2.24) is 0 Å². The molecule has 0 saturated carbocycles. The number of carbonyl (C=O) groups is 1. The van der Waals surface area contributed by atoms with Gasteiger partial charge in [-0.3, -0.25) is 0 Å². The van der Waals surface area contributed by atoms with Gasteiger partial charge in [-0.1, -0.05) is 41.1 Å². The van der Waals surface area contributed by atoms with Crippen LogP contribution in [0.5, 0.6) is 0 Å². The normalized spacial score (nSPS) is 21.6. The summed E-state index contributed by atoms with van der Waals surface area (Å²) in [4.78, 5) is 18.1. The van der Waals surface area contributed by atoms with Crippen LogP contribution >= 0.6 is 0 Å². The first-order chi connectivity index (χ1) is 12.5. The molecule has 0 bridgehead atoms. The number of rotatable bonds is 2. The van der Waals surface area contributed by atoms with E-state index in [2.05, 4.69) is 23.4 Å². The molecular formula is C22H29NO3. The number of allylic oxidation sites excluding steroid dienone is 3. The van der Waals surface area contributed by atoms with Crippen molar-refractivity contribution in [2.75, 3.05) is 6.61 Å². The second-order valence-electron chi connectivity index (χ2n) is 6.70. The first-order valence-corrected chi connectivity index (χ1v) is 9.32. The fraction of sp³-hybridized carbons (Fsp3) is 0.455. The summed E-state index contributed by atoms with van der Waals surface area (Å²) in [6.07, 6.45) is 11.3. The highest BCUT2D eigenvalue weighted by Crippen LogP contribution is 2.21. The Hall–Kier alpha value is -2.36. The van der Waals surface area contributed by atoms with Gasteiger partial charge in [0, 0.05) is 12.8 Å². The van der Waals surface area contributed by atoms with Crippen LogP contribution in [0.1, 0.15) is 60.2 Å². The van der Waals surface area contributed by atoms with Crippen molar-refractivity contribution >= 4 is 11.7 Å². The van der Waals surface area contributed by atoms with E-state index in [4.69, 9.17) is 9.57 Å². The minimum Gasteiger partial charge on any atom is -0.459 e. The topological polar surface area (TPSA) is 47.9 Å². The summed E-state index contributed by atoms with van der Waals surface area (Å²) < 4.78 is 5.68. The first-order valence-electron chi connectivity index (χ1n) is 9.32. The molecule has 1 aliphatic rings. The van der Waals surface area contributed by atoms with Crippen LogP contribution in [0.15, 0.2) is 41.6 Å². The summed E-state index contributed by atoms with van der Waals surface area (Å²) in [6.45, 7) is 8.34. The third-order valence-electron chi connectivity index (χ3n) is 4.20. The molecule has 0 radical (unpaired) electrons. The number of oxime groups is 1. The summed E-state index contributed by atoms with van der Waals surface area (Å²) in [6, 6.07) is 4.05. The molecule has 1 aliphatic heterocycles. The standard InChI is InChI=1S/C22H29NO3/c1-5-25-23-20-12-10-8-6-7-9-11-18(4)26-22(24)21-17(3)13-16(2)14-19(21)15-20/h7,9-10,12-14,18H,5-6,8,11,15H2,1-4H3/b9-7+,12-10?,23-20?. The number of hydrogen-bond acceptors (Lipinski definition) is 4. The van der Waals surface area contributed by atoms with Crippen LogP contribution in [0.4, 0.5) is 0 Å². The summed E-state index contributed by atoms with van der Waals surface area (Å²) in [7, 11) is 0. The smallest absolute Gasteiger partial charge is 0.338 e. The number of cyclic esters (lactones) is 1. The lowest BCUT2D eigenvalue weighted by Crippen LogP contribution is -2.18. The second-order valence-corrected chi connectivity index (χ2v) is 6.70. The zero-order valence-corrected chi connectivity index (χ0v) is 16.2. The van der Waals surface area contributed by atoms with E-state index in [-0.39, 0.29) is 12.1 Å². The number of fused-ring (bicyclic) bond motifs is 1. The van der Waals surface area contributed by atoms with Gasteiger partial charge in [0.1, 0.15) is 12.7 Å². The minimum atomic E-state index is -0.268. The second kappa shape index (κ2) is 9.95. The van der Waals surface area contributed by atoms with E-state index in [1.54, 1.807) is 0 Å². The van der Waals surface area contributed by atoms with Gasteiger partial charge in [0.25, 0.3) is 0 Å². The molecule has 0 aromatic heterocycles. The average molecular weight is 355 g/mol. The third kappa shape index (κ3) is 5.87. The molecule has 0 spiro atoms. The van der Waals surface area contributed by atoms with Crippen molar-refractivity contribution in [2.45, 2.75) is 59.5 Å². The molecule has 0 aliphatic carbocycles. The molecule has 2 rings (SSSR count). The lowest BCUT2D eigenvalue weighted by molar-refractivity contribution is 0.0346. The molecule has 0 N–H and O–H groups in total. The van der Waals surface area contributed by atoms with Gasteiger partial charge in [0.15, 0.2) is 0 Å². The number of ether oxygens (including phenoxy) is 1. The van der Waals surface area contributed by atoms with Crippen LogP contribution in [0, 0.1) is 13.8 Å². The van der Waals surface area contributed by atoms with Gasteiger partial charge in [0.05, 0.1) is 11.3 Å². The average Bonchev–Trinajstić information content (AvgIpc) is 2.57. The first kappa shape index (κ1) is 20.0. The Bertz CT molecular complexity index is 716. The Kier molecular flexibility index (Phi) is 7.64. The van der Waals surface area contributed by atoms with E-state index >= 15 is 0 Å². The summed E-state index contributed by atoms with van der Waals surface area (Å²) in [5, 5.41) is 4.23. The van der Waals surface area contributed by atoms with E-state index < -0.39 is 0 Å². The number of hydrogen-bond donors (Lipinski definition) is 0. The molecule has 4 heteroatoms. The molecule has 140 valence electrons. The van der Waals surface area contributed by atoms with E-state index in [0.29, 0.717) is 18.6 Å². The number of nitrogens with zero attached hydrogens (tertiary/aromatic N) is 1. The zero-order valence-electron chi connectivity index (χ0n) is 16.2. The molecule has 1 heterocycles. The Morgan fingerprint density at radius 1 is 1.19 bits per heavy atom. The fourth-order valence-corrected chi connectivity index (χ4v) is 3.06. The van der Waals surface area contributed by atoms with E-state index in [1.165, 1.54) is 0 Å². The van der Waals surface area contributed by atoms with Crippen LogP contribution in [-0.4, -0.2) is 24.4 Å². The van der Waals surface area contributed by atoms with Crippen LogP contribution < -0.4 is 0 Å². The minimum absolute atomic E-state index is 0.151. The van der Waals surface area contributed by atoms with Gasteiger partial charge < -0.3 is 9.57 Å². The van der Waals surface area contributed by atoms with Crippen LogP contribution in [0.25, 0.3) is 0 Å². The van der Waals surface area contributed by atoms with Gasteiger partial charge in [-0.05, 0) is 57.7 Å². The maximum atomic E-state index is 12.8. The quantitative estimate of drug-likeness (QED) is 0.422. The van der Waals surface area contributed by atoms with Crippen molar-refractivity contribution in [3.05, 3.63) is 58.7 Å². The maximum Gasteiger partial charge on any atom is 0.338 e. The van der Waals surface area contributed by atoms with E-state index in [1.807, 2.05) is 45.9 Å². The largest absolute Gasteiger partial charge is 0.459 e. The predicted molar refractivity (Wildman–Crippen MR) is 106 cm³/mol. The molecule has 1 aromatic rings. The Labute approximate surface area is 156 Å². The molecule has 0 saturated heterocycles. The molecule has 1 aromatic carbocycles. The highest BCUT2D eigenvalue weighted by Gasteiger charge is 2.19. The van der Waals surface area contributed by atoms with Crippen LogP contribution in [0.2, 0.25) is 0 Å². The van der Waals surface area contributed by atoms with Crippen molar-refractivity contribution in [2.24, 2.45) is 5.16 Å². The Morgan fingerprint density at radius 2 is 1.96 bits per heavy atom.